The summed E-state index contributed by atoms with van der Waals surface area (Å²) in [6.07, 6.45) is 0. The van der Waals surface area contributed by atoms with E-state index in [-0.39, 0.29) is 0 Å². The lowest BCUT2D eigenvalue weighted by molar-refractivity contribution is 0.670. The Balaban J connectivity index is 0.783. The summed E-state index contributed by atoms with van der Waals surface area (Å²) < 4.78 is 11.4. The van der Waals surface area contributed by atoms with E-state index in [0.29, 0.717) is 0 Å². The first-order valence-corrected chi connectivity index (χ1v) is 28.1. The van der Waals surface area contributed by atoms with Gasteiger partial charge in [-0.3, -0.25) is 0 Å². The van der Waals surface area contributed by atoms with Crippen molar-refractivity contribution in [1.29, 1.82) is 0 Å². The van der Waals surface area contributed by atoms with E-state index in [9.17, 15) is 0 Å². The van der Waals surface area contributed by atoms with Gasteiger partial charge >= 0.3 is 0 Å². The number of para-hydroxylation sites is 5. The van der Waals surface area contributed by atoms with Crippen molar-refractivity contribution in [2.45, 2.75) is 0 Å². The van der Waals surface area contributed by atoms with Gasteiger partial charge in [-0.1, -0.05) is 218 Å². The van der Waals surface area contributed by atoms with E-state index < -0.39 is 0 Å². The van der Waals surface area contributed by atoms with Gasteiger partial charge < -0.3 is 18.5 Å². The number of anilines is 3. The minimum atomic E-state index is 0.901. The lowest BCUT2D eigenvalue weighted by Crippen LogP contribution is -2.09. The second-order valence-electron chi connectivity index (χ2n) is 21.2. The summed E-state index contributed by atoms with van der Waals surface area (Å²) >= 11 is 0. The predicted octanol–water partition coefficient (Wildman–Crippen LogP) is 21.6. The van der Waals surface area contributed by atoms with E-state index in [1.165, 1.54) is 60.3 Å². The number of hydrogen-bond acceptors (Lipinski definition) is 2. The van der Waals surface area contributed by atoms with Crippen molar-refractivity contribution < 1.29 is 4.42 Å². The Kier molecular flexibility index (Phi) is 11.2. The molecule has 0 bridgehead atoms. The predicted molar refractivity (Wildman–Crippen MR) is 344 cm³/mol. The van der Waals surface area contributed by atoms with Gasteiger partial charge in [0.15, 0.2) is 0 Å². The molecule has 384 valence electrons. The van der Waals surface area contributed by atoms with E-state index >= 15 is 0 Å². The van der Waals surface area contributed by atoms with Crippen LogP contribution in [-0.2, 0) is 0 Å². The highest BCUT2D eigenvalue weighted by atomic mass is 16.3. The first-order valence-electron chi connectivity index (χ1n) is 28.1. The smallest absolute Gasteiger partial charge is 0.143 e. The summed E-state index contributed by atoms with van der Waals surface area (Å²) in [5.74, 6) is 0. The van der Waals surface area contributed by atoms with E-state index in [1.54, 1.807) is 0 Å². The summed E-state index contributed by atoms with van der Waals surface area (Å²) in [4.78, 5) is 2.36. The molecule has 0 N–H and O–H groups in total. The zero-order chi connectivity index (χ0) is 54.1. The van der Waals surface area contributed by atoms with E-state index in [1.807, 2.05) is 12.1 Å². The molecule has 0 fully saturated rings. The van der Waals surface area contributed by atoms with Gasteiger partial charge in [0.05, 0.1) is 22.1 Å². The Morgan fingerprint density at radius 2 is 0.634 bits per heavy atom. The van der Waals surface area contributed by atoms with Crippen molar-refractivity contribution >= 4 is 82.6 Å². The fraction of sp³-hybridized carbons (Fsp3) is 0. The van der Waals surface area contributed by atoms with E-state index in [4.69, 9.17) is 4.42 Å². The molecule has 4 heteroatoms. The highest BCUT2D eigenvalue weighted by Crippen LogP contribution is 2.44. The van der Waals surface area contributed by atoms with Crippen LogP contribution in [0.4, 0.5) is 17.1 Å². The fourth-order valence-corrected chi connectivity index (χ4v) is 12.6. The third-order valence-electron chi connectivity index (χ3n) is 16.5. The Labute approximate surface area is 474 Å². The van der Waals surface area contributed by atoms with Gasteiger partial charge in [-0.25, -0.2) is 0 Å². The van der Waals surface area contributed by atoms with Gasteiger partial charge in [-0.05, 0) is 141 Å². The van der Waals surface area contributed by atoms with Gasteiger partial charge in [0.1, 0.15) is 11.2 Å². The zero-order valence-corrected chi connectivity index (χ0v) is 44.7. The number of benzene rings is 13. The van der Waals surface area contributed by atoms with Crippen molar-refractivity contribution in [1.82, 2.24) is 9.13 Å². The molecular weight excluding hydrogens is 995 g/mol. The van der Waals surface area contributed by atoms with Crippen molar-refractivity contribution in [3.8, 4) is 67.0 Å². The fourth-order valence-electron chi connectivity index (χ4n) is 12.6. The number of aromatic nitrogens is 2. The summed E-state index contributed by atoms with van der Waals surface area (Å²) in [6, 6.07) is 112. The standard InChI is InChI=1S/C78H51N3O/c1-3-17-52(18-4-1)56-19-13-20-57(49-56)53-35-41-62(42-36-53)79(63-43-37-54(38-44-63)58-21-14-23-60(50-58)66-30-16-31-72-69-29-9-12-34-75(69)82-78(66)72)64-45-39-55(40-46-64)59-22-15-26-65(51-59)81-74-33-11-8-28-68(74)71-48-47-70-67-27-7-10-32-73(67)80(76(70)77(71)81)61-24-5-2-6-25-61/h1-51H. The summed E-state index contributed by atoms with van der Waals surface area (Å²) in [7, 11) is 0. The Hall–Kier alpha value is -10.9. The Morgan fingerprint density at radius 1 is 0.244 bits per heavy atom. The van der Waals surface area contributed by atoms with Gasteiger partial charge in [-0.15, -0.1) is 0 Å². The maximum Gasteiger partial charge on any atom is 0.143 e. The first kappa shape index (κ1) is 47.1. The van der Waals surface area contributed by atoms with Gasteiger partial charge in [-0.2, -0.15) is 0 Å². The highest BCUT2D eigenvalue weighted by Gasteiger charge is 2.22. The number of rotatable bonds is 10. The first-order chi connectivity index (χ1) is 40.7. The maximum atomic E-state index is 6.48. The van der Waals surface area contributed by atoms with E-state index in [2.05, 4.69) is 311 Å². The monoisotopic (exact) mass is 1050 g/mol. The normalized spacial score (nSPS) is 11.7. The number of furan rings is 1. The molecule has 16 rings (SSSR count). The number of nitrogens with zero attached hydrogens (tertiary/aromatic N) is 3. The Morgan fingerprint density at radius 3 is 1.21 bits per heavy atom. The molecule has 3 heterocycles. The average Bonchev–Trinajstić information content (AvgIpc) is 3.32. The maximum absolute atomic E-state index is 6.48. The third kappa shape index (κ3) is 7.91. The van der Waals surface area contributed by atoms with Crippen molar-refractivity contribution in [2.75, 3.05) is 4.90 Å². The minimum absolute atomic E-state index is 0.901. The van der Waals surface area contributed by atoms with Crippen LogP contribution in [0.5, 0.6) is 0 Å². The van der Waals surface area contributed by atoms with Crippen LogP contribution in [-0.4, -0.2) is 9.13 Å². The second-order valence-corrected chi connectivity index (χ2v) is 21.2. The molecular formula is C78H51N3O. The van der Waals surface area contributed by atoms with Gasteiger partial charge in [0.2, 0.25) is 0 Å². The number of fused-ring (bicyclic) bond motifs is 10. The third-order valence-corrected chi connectivity index (χ3v) is 16.5. The topological polar surface area (TPSA) is 26.2 Å². The summed E-state index contributed by atoms with van der Waals surface area (Å²) in [5, 5.41) is 7.19. The molecule has 0 spiro atoms. The summed E-state index contributed by atoms with van der Waals surface area (Å²) in [6.45, 7) is 0. The minimum Gasteiger partial charge on any atom is -0.455 e. The lowest BCUT2D eigenvalue weighted by atomic mass is 9.97. The molecule has 0 radical (unpaired) electrons. The molecule has 13 aromatic carbocycles. The molecule has 0 aliphatic carbocycles. The molecule has 0 amide bonds. The molecule has 82 heavy (non-hydrogen) atoms. The molecule has 16 aromatic rings. The highest BCUT2D eigenvalue weighted by molar-refractivity contribution is 6.24. The van der Waals surface area contributed by atoms with Crippen molar-refractivity contribution in [3.63, 3.8) is 0 Å². The van der Waals surface area contributed by atoms with Crippen LogP contribution in [0.2, 0.25) is 0 Å². The zero-order valence-electron chi connectivity index (χ0n) is 44.7. The average molecular weight is 1050 g/mol. The molecule has 0 aliphatic rings. The van der Waals surface area contributed by atoms with Crippen LogP contribution in [0, 0.1) is 0 Å². The number of hydrogen-bond donors (Lipinski definition) is 0. The van der Waals surface area contributed by atoms with Crippen LogP contribution >= 0.6 is 0 Å². The Bertz CT molecular complexity index is 5070. The van der Waals surface area contributed by atoms with Crippen LogP contribution in [0.15, 0.2) is 314 Å². The van der Waals surface area contributed by atoms with Crippen LogP contribution in [0.25, 0.3) is 133 Å². The molecule has 3 aromatic heterocycles. The lowest BCUT2D eigenvalue weighted by Gasteiger charge is -2.26. The van der Waals surface area contributed by atoms with Crippen molar-refractivity contribution in [3.05, 3.63) is 309 Å². The van der Waals surface area contributed by atoms with Gasteiger partial charge in [0, 0.05) is 66.3 Å². The van der Waals surface area contributed by atoms with Crippen LogP contribution in [0.3, 0.4) is 0 Å². The molecule has 4 nitrogen and oxygen atoms in total. The van der Waals surface area contributed by atoms with Crippen LogP contribution in [0.1, 0.15) is 0 Å². The molecule has 0 saturated carbocycles. The second kappa shape index (κ2) is 19.5. The molecule has 0 saturated heterocycles. The molecule has 0 aliphatic heterocycles. The van der Waals surface area contributed by atoms with Gasteiger partial charge in [0.25, 0.3) is 0 Å². The largest absolute Gasteiger partial charge is 0.455 e. The summed E-state index contributed by atoms with van der Waals surface area (Å²) in [5.41, 5.74) is 23.5. The molecule has 0 atom stereocenters. The van der Waals surface area contributed by atoms with E-state index in [0.717, 1.165) is 89.3 Å². The van der Waals surface area contributed by atoms with Crippen molar-refractivity contribution in [2.24, 2.45) is 0 Å². The SMILES string of the molecule is c1ccc(-c2cccc(-c3ccc(N(c4ccc(-c5cccc(-c6cccc7c6oc6ccccc67)c5)cc4)c4ccc(-c5cccc(-n6c7ccccc7c7ccc8c9ccccc9n(-c9ccccc9)c8c76)c5)cc4)cc3)c2)cc1. The quantitative estimate of drug-likeness (QED) is 0.136. The van der Waals surface area contributed by atoms with Crippen LogP contribution < -0.4 is 4.90 Å². The molecule has 0 unspecified atom stereocenters.